The summed E-state index contributed by atoms with van der Waals surface area (Å²) in [5, 5.41) is 41.6. The Morgan fingerprint density at radius 3 is 1.89 bits per heavy atom. The Bertz CT molecular complexity index is 1380. The van der Waals surface area contributed by atoms with Crippen molar-refractivity contribution in [3.05, 3.63) is 108 Å². The summed E-state index contributed by atoms with van der Waals surface area (Å²) in [5.74, 6) is -0.240. The van der Waals surface area contributed by atoms with Gasteiger partial charge in [-0.2, -0.15) is 4.57 Å². The molecule has 0 aliphatic rings. The van der Waals surface area contributed by atoms with Crippen LogP contribution in [0.15, 0.2) is 91.5 Å². The second kappa shape index (κ2) is 11.3. The van der Waals surface area contributed by atoms with E-state index in [4.69, 9.17) is 0 Å². The predicted octanol–water partition coefficient (Wildman–Crippen LogP) is -1.26. The summed E-state index contributed by atoms with van der Waals surface area (Å²) in [6.07, 6.45) is 7.44. The second-order valence-electron chi connectivity index (χ2n) is 8.47. The van der Waals surface area contributed by atoms with Crippen LogP contribution in [0.5, 0.6) is 0 Å². The van der Waals surface area contributed by atoms with E-state index in [0.29, 0.717) is 29.6 Å². The summed E-state index contributed by atoms with van der Waals surface area (Å²) in [5.41, 5.74) is 4.46. The zero-order valence-electron chi connectivity index (χ0n) is 19.8. The zero-order chi connectivity index (χ0) is 25.7. The molecule has 0 saturated heterocycles. The molecule has 2 aromatic heterocycles. The lowest BCUT2D eigenvalue weighted by atomic mass is 9.77. The standard InChI is InChI=1S/C26H26B2N3O5/c1-29-26(32)23-13-22(17-31(18-23)16-21-8-3-5-11-25(21)28(35)36)19-9-6-12-30(14-19)15-20-7-2-4-10-24(20)27(33)34/h2-14,17-18,33-36H,15-16H2,1H3/q+1/p+1. The number of carbonyl (C=O) groups excluding carboxylic acids is 1. The molecule has 0 atom stereocenters. The molecule has 4 aromatic rings. The van der Waals surface area contributed by atoms with Crippen molar-refractivity contribution < 1.29 is 34.0 Å². The van der Waals surface area contributed by atoms with Gasteiger partial charge in [-0.25, -0.2) is 4.57 Å². The van der Waals surface area contributed by atoms with E-state index in [-0.39, 0.29) is 5.91 Å². The molecule has 1 amide bonds. The van der Waals surface area contributed by atoms with Crippen LogP contribution >= 0.6 is 0 Å². The van der Waals surface area contributed by atoms with Gasteiger partial charge in [0, 0.05) is 24.2 Å². The molecule has 0 saturated carbocycles. The van der Waals surface area contributed by atoms with Gasteiger partial charge < -0.3 is 25.4 Å². The minimum absolute atomic E-state index is 0.240. The summed E-state index contributed by atoms with van der Waals surface area (Å²) >= 11 is 0. The molecule has 0 aliphatic carbocycles. The van der Waals surface area contributed by atoms with Gasteiger partial charge >= 0.3 is 14.2 Å². The topological polar surface area (TPSA) is 118 Å². The number of benzene rings is 2. The van der Waals surface area contributed by atoms with E-state index < -0.39 is 14.2 Å². The van der Waals surface area contributed by atoms with E-state index in [9.17, 15) is 24.9 Å². The number of hydrogen-bond acceptors (Lipinski definition) is 5. The first-order chi connectivity index (χ1) is 17.4. The maximum atomic E-state index is 12.5. The third kappa shape index (κ3) is 5.87. The Morgan fingerprint density at radius 2 is 1.31 bits per heavy atom. The summed E-state index contributed by atoms with van der Waals surface area (Å²) in [4.78, 5) is 12.5. The Labute approximate surface area is 210 Å². The molecule has 0 unspecified atom stereocenters. The molecule has 0 spiro atoms. The Kier molecular flexibility index (Phi) is 7.92. The minimum atomic E-state index is -1.60. The third-order valence-electron chi connectivity index (χ3n) is 5.97. The summed E-state index contributed by atoms with van der Waals surface area (Å²) in [7, 11) is -1.59. The number of aromatic nitrogens is 2. The fourth-order valence-electron chi connectivity index (χ4n) is 4.20. The first-order valence-corrected chi connectivity index (χ1v) is 11.5. The number of hydrogen-bond donors (Lipinski definition) is 5. The van der Waals surface area contributed by atoms with E-state index in [1.54, 1.807) is 43.6 Å². The average molecular weight is 483 g/mol. The Hall–Kier alpha value is -3.82. The van der Waals surface area contributed by atoms with Crippen molar-refractivity contribution in [2.75, 3.05) is 7.05 Å². The van der Waals surface area contributed by atoms with Crippen molar-refractivity contribution in [1.82, 2.24) is 5.32 Å². The maximum absolute atomic E-state index is 12.5. The second-order valence-corrected chi connectivity index (χ2v) is 8.47. The fraction of sp³-hybridized carbons (Fsp3) is 0.115. The van der Waals surface area contributed by atoms with E-state index in [2.05, 4.69) is 5.32 Å². The lowest BCUT2D eigenvalue weighted by Gasteiger charge is -2.09. The van der Waals surface area contributed by atoms with E-state index in [1.165, 1.54) is 0 Å². The minimum Gasteiger partial charge on any atom is -0.423 e. The van der Waals surface area contributed by atoms with Crippen molar-refractivity contribution in [2.45, 2.75) is 13.1 Å². The van der Waals surface area contributed by atoms with Crippen molar-refractivity contribution in [3.63, 3.8) is 0 Å². The van der Waals surface area contributed by atoms with Gasteiger partial charge in [-0.15, -0.1) is 0 Å². The molecule has 0 fully saturated rings. The number of pyridine rings is 2. The number of amides is 1. The highest BCUT2D eigenvalue weighted by atomic mass is 16.4. The molecule has 10 heteroatoms. The van der Waals surface area contributed by atoms with Crippen LogP contribution in [-0.2, 0) is 13.1 Å². The number of nitrogens with one attached hydrogen (secondary N) is 1. The first-order valence-electron chi connectivity index (χ1n) is 11.5. The normalized spacial score (nSPS) is 10.7. The van der Waals surface area contributed by atoms with Gasteiger partial charge in [-0.3, -0.25) is 4.79 Å². The molecule has 2 heterocycles. The zero-order valence-corrected chi connectivity index (χ0v) is 19.8. The fourth-order valence-corrected chi connectivity index (χ4v) is 4.20. The summed E-state index contributed by atoms with van der Waals surface area (Å²) < 4.78 is 3.78. The number of nitrogens with zero attached hydrogens (tertiary/aromatic N) is 2. The number of rotatable bonds is 8. The van der Waals surface area contributed by atoms with E-state index >= 15 is 0 Å². The first kappa shape index (κ1) is 25.3. The van der Waals surface area contributed by atoms with Crippen LogP contribution in [-0.4, -0.2) is 47.3 Å². The van der Waals surface area contributed by atoms with Crippen LogP contribution in [0.4, 0.5) is 0 Å². The van der Waals surface area contributed by atoms with Crippen molar-refractivity contribution in [3.8, 4) is 11.1 Å². The monoisotopic (exact) mass is 483 g/mol. The molecule has 2 aromatic carbocycles. The van der Waals surface area contributed by atoms with Crippen LogP contribution < -0.4 is 25.4 Å². The summed E-state index contributed by atoms with van der Waals surface area (Å²) in [6.45, 7) is 0.763. The Balaban J connectivity index is 1.72. The largest absolute Gasteiger partial charge is 0.488 e. The van der Waals surface area contributed by atoms with E-state index in [1.807, 2.05) is 64.1 Å². The quantitative estimate of drug-likeness (QED) is 0.159. The highest BCUT2D eigenvalue weighted by Gasteiger charge is 2.21. The van der Waals surface area contributed by atoms with Crippen LogP contribution in [0.3, 0.4) is 0 Å². The van der Waals surface area contributed by atoms with Crippen molar-refractivity contribution >= 4 is 31.1 Å². The molecule has 0 radical (unpaired) electrons. The lowest BCUT2D eigenvalue weighted by Crippen LogP contribution is -2.41. The third-order valence-corrected chi connectivity index (χ3v) is 5.97. The molecule has 0 aliphatic heterocycles. The molecule has 0 bridgehead atoms. The van der Waals surface area contributed by atoms with Gasteiger partial charge in [0.2, 0.25) is 0 Å². The molecule has 5 N–H and O–H groups in total. The van der Waals surface area contributed by atoms with Crippen molar-refractivity contribution in [2.24, 2.45) is 0 Å². The average Bonchev–Trinajstić information content (AvgIpc) is 2.88. The van der Waals surface area contributed by atoms with Crippen LogP contribution in [0.25, 0.3) is 11.1 Å². The summed E-state index contributed by atoms with van der Waals surface area (Å²) in [6, 6.07) is 19.8. The maximum Gasteiger partial charge on any atom is 0.488 e. The van der Waals surface area contributed by atoms with Crippen molar-refractivity contribution in [1.29, 1.82) is 0 Å². The molecule has 8 nitrogen and oxygen atoms in total. The van der Waals surface area contributed by atoms with Gasteiger partial charge in [0.05, 0.1) is 11.1 Å². The highest BCUT2D eigenvalue weighted by Crippen LogP contribution is 2.17. The molecular weight excluding hydrogens is 456 g/mol. The van der Waals surface area contributed by atoms with Crippen LogP contribution in [0.1, 0.15) is 21.5 Å². The highest BCUT2D eigenvalue weighted by molar-refractivity contribution is 6.59. The molecule has 180 valence electrons. The van der Waals surface area contributed by atoms with Gasteiger partial charge in [0.25, 0.3) is 5.91 Å². The van der Waals surface area contributed by atoms with Gasteiger partial charge in [0.15, 0.2) is 37.9 Å². The Morgan fingerprint density at radius 1 is 0.750 bits per heavy atom. The molecule has 36 heavy (non-hydrogen) atoms. The SMILES string of the molecule is CNC(=O)c1cc(-c2ccc[n+](Cc3ccccc3B(O)O)c2)c[n+](Cc2ccccc2B(O)O)c1. The molecule has 4 rings (SSSR count). The van der Waals surface area contributed by atoms with Gasteiger partial charge in [-0.1, -0.05) is 48.5 Å². The number of carbonyl (C=O) groups is 1. The smallest absolute Gasteiger partial charge is 0.423 e. The van der Waals surface area contributed by atoms with Gasteiger partial charge in [-0.05, 0) is 23.1 Å². The van der Waals surface area contributed by atoms with Crippen LogP contribution in [0, 0.1) is 0 Å². The van der Waals surface area contributed by atoms with Gasteiger partial charge in [0.1, 0.15) is 5.56 Å². The molecular formula is C26H27B2N3O5+2. The van der Waals surface area contributed by atoms with E-state index in [0.717, 1.165) is 22.3 Å². The lowest BCUT2D eigenvalue weighted by molar-refractivity contribution is -0.689. The predicted molar refractivity (Wildman–Crippen MR) is 136 cm³/mol. The van der Waals surface area contributed by atoms with Crippen LogP contribution in [0.2, 0.25) is 0 Å².